The van der Waals surface area contributed by atoms with Crippen molar-refractivity contribution in [3.05, 3.63) is 34.9 Å². The fourth-order valence-corrected chi connectivity index (χ4v) is 4.13. The molecule has 0 N–H and O–H groups in total. The van der Waals surface area contributed by atoms with Crippen LogP contribution in [0.15, 0.2) is 34.9 Å². The Bertz CT molecular complexity index is 477. The summed E-state index contributed by atoms with van der Waals surface area (Å²) in [5, 5.41) is 0. The van der Waals surface area contributed by atoms with Crippen molar-refractivity contribution in [2.75, 3.05) is 0 Å². The van der Waals surface area contributed by atoms with E-state index in [-0.39, 0.29) is 29.3 Å². The Morgan fingerprint density at radius 2 is 2.11 bits per heavy atom. The number of halogens is 1. The van der Waals surface area contributed by atoms with Crippen LogP contribution < -0.4 is 0 Å². The second-order valence-electron chi connectivity index (χ2n) is 6.20. The Balaban J connectivity index is 2.12. The first kappa shape index (κ1) is 12.6. The molecule has 2 fully saturated rings. The predicted octanol–water partition coefficient (Wildman–Crippen LogP) is 3.94. The Morgan fingerprint density at radius 3 is 2.72 bits per heavy atom. The zero-order valence-electron chi connectivity index (χ0n) is 11.1. The van der Waals surface area contributed by atoms with Gasteiger partial charge in [-0.2, -0.15) is 0 Å². The molecule has 0 aromatic rings. The van der Waals surface area contributed by atoms with Gasteiger partial charge in [0.25, 0.3) is 0 Å². The molecule has 2 heterocycles. The summed E-state index contributed by atoms with van der Waals surface area (Å²) in [6.07, 6.45) is 2.90. The number of rotatable bonds is 1. The molecule has 3 heteroatoms. The van der Waals surface area contributed by atoms with E-state index in [4.69, 9.17) is 9.47 Å². The highest BCUT2D eigenvalue weighted by molar-refractivity contribution is 9.11. The largest absolute Gasteiger partial charge is 0.344 e. The van der Waals surface area contributed by atoms with Crippen LogP contribution in [0.1, 0.15) is 27.2 Å². The highest BCUT2D eigenvalue weighted by atomic mass is 79.9. The van der Waals surface area contributed by atoms with Crippen molar-refractivity contribution in [2.45, 2.75) is 45.7 Å². The van der Waals surface area contributed by atoms with Crippen LogP contribution in [-0.4, -0.2) is 18.5 Å². The third-order valence-electron chi connectivity index (χ3n) is 4.94. The van der Waals surface area contributed by atoms with Crippen LogP contribution in [-0.2, 0) is 9.47 Å². The van der Waals surface area contributed by atoms with Crippen LogP contribution in [0.2, 0.25) is 0 Å². The second-order valence-corrected chi connectivity index (χ2v) is 7.05. The molecule has 2 bridgehead atoms. The SMILES string of the molecule is C=C(C)C1CC23C(=C)C(C=C(Br)C2(C)C)OC3O1. The zero-order chi connectivity index (χ0) is 13.3. The second kappa shape index (κ2) is 3.59. The molecule has 0 aromatic heterocycles. The lowest BCUT2D eigenvalue weighted by Crippen LogP contribution is -2.44. The van der Waals surface area contributed by atoms with Crippen LogP contribution in [0, 0.1) is 10.8 Å². The molecule has 1 aliphatic carbocycles. The van der Waals surface area contributed by atoms with Gasteiger partial charge < -0.3 is 9.47 Å². The average molecular weight is 311 g/mol. The summed E-state index contributed by atoms with van der Waals surface area (Å²) < 4.78 is 13.3. The predicted molar refractivity (Wildman–Crippen MR) is 75.3 cm³/mol. The molecule has 1 spiro atoms. The van der Waals surface area contributed by atoms with Crippen LogP contribution in [0.4, 0.5) is 0 Å². The normalized spacial score (nSPS) is 44.8. The molecule has 0 radical (unpaired) electrons. The first-order chi connectivity index (χ1) is 8.30. The molecule has 3 rings (SSSR count). The molecule has 98 valence electrons. The highest BCUT2D eigenvalue weighted by Gasteiger charge is 2.67. The lowest BCUT2D eigenvalue weighted by molar-refractivity contribution is -0.145. The van der Waals surface area contributed by atoms with E-state index in [0.29, 0.717) is 0 Å². The first-order valence-electron chi connectivity index (χ1n) is 6.34. The van der Waals surface area contributed by atoms with Crippen molar-refractivity contribution in [1.82, 2.24) is 0 Å². The summed E-state index contributed by atoms with van der Waals surface area (Å²) in [5.41, 5.74) is 2.04. The van der Waals surface area contributed by atoms with Crippen molar-refractivity contribution in [1.29, 1.82) is 0 Å². The molecule has 2 saturated heterocycles. The van der Waals surface area contributed by atoms with Gasteiger partial charge in [-0.3, -0.25) is 0 Å². The van der Waals surface area contributed by atoms with Crippen LogP contribution in [0.3, 0.4) is 0 Å². The minimum absolute atomic E-state index is 0.0107. The lowest BCUT2D eigenvalue weighted by atomic mass is 9.57. The number of hydrogen-bond donors (Lipinski definition) is 0. The third-order valence-corrected chi connectivity index (χ3v) is 6.20. The van der Waals surface area contributed by atoms with Crippen molar-refractivity contribution in [2.24, 2.45) is 10.8 Å². The molecule has 4 atom stereocenters. The Kier molecular flexibility index (Phi) is 2.52. The van der Waals surface area contributed by atoms with E-state index in [2.05, 4.69) is 49.0 Å². The summed E-state index contributed by atoms with van der Waals surface area (Å²) in [6.45, 7) is 14.8. The number of fused-ring (bicyclic) bond motifs is 1. The van der Waals surface area contributed by atoms with Crippen LogP contribution in [0.25, 0.3) is 0 Å². The molecule has 0 aromatic carbocycles. The summed E-state index contributed by atoms with van der Waals surface area (Å²) in [5.74, 6) is 0. The van der Waals surface area contributed by atoms with E-state index in [0.717, 1.165) is 17.6 Å². The summed E-state index contributed by atoms with van der Waals surface area (Å²) >= 11 is 3.71. The van der Waals surface area contributed by atoms with Gasteiger partial charge in [-0.1, -0.05) is 48.5 Å². The van der Waals surface area contributed by atoms with E-state index in [9.17, 15) is 0 Å². The third kappa shape index (κ3) is 1.25. The van der Waals surface area contributed by atoms with Gasteiger partial charge >= 0.3 is 0 Å². The molecule has 2 aliphatic heterocycles. The maximum atomic E-state index is 6.07. The topological polar surface area (TPSA) is 18.5 Å². The number of ether oxygens (including phenoxy) is 2. The van der Waals surface area contributed by atoms with Gasteiger partial charge in [-0.15, -0.1) is 0 Å². The minimum Gasteiger partial charge on any atom is -0.344 e. The van der Waals surface area contributed by atoms with Gasteiger partial charge in [-0.05, 0) is 25.0 Å². The van der Waals surface area contributed by atoms with E-state index < -0.39 is 0 Å². The van der Waals surface area contributed by atoms with Crippen molar-refractivity contribution < 1.29 is 9.47 Å². The standard InChI is InChI=1S/C15H19BrO2/c1-8(2)11-7-15-9(3)10(17-13(15)18-11)6-12(16)14(15,4)5/h6,10-11,13H,1,3,7H2,2,4-5H3. The molecule has 3 aliphatic rings. The van der Waals surface area contributed by atoms with Gasteiger partial charge in [0.2, 0.25) is 0 Å². The maximum absolute atomic E-state index is 6.07. The van der Waals surface area contributed by atoms with Crippen LogP contribution in [0.5, 0.6) is 0 Å². The van der Waals surface area contributed by atoms with Crippen molar-refractivity contribution in [3.8, 4) is 0 Å². The molecule has 0 amide bonds. The van der Waals surface area contributed by atoms with Crippen LogP contribution >= 0.6 is 15.9 Å². The number of hydrogen-bond acceptors (Lipinski definition) is 2. The molecule has 4 unspecified atom stereocenters. The summed E-state index contributed by atoms with van der Waals surface area (Å²) in [7, 11) is 0. The molecule has 18 heavy (non-hydrogen) atoms. The highest BCUT2D eigenvalue weighted by Crippen LogP contribution is 2.67. The van der Waals surface area contributed by atoms with E-state index in [1.54, 1.807) is 0 Å². The Morgan fingerprint density at radius 1 is 1.44 bits per heavy atom. The van der Waals surface area contributed by atoms with Gasteiger partial charge in [0.05, 0.1) is 11.5 Å². The average Bonchev–Trinajstić information content (AvgIpc) is 2.74. The smallest absolute Gasteiger partial charge is 0.169 e. The lowest BCUT2D eigenvalue weighted by Gasteiger charge is -2.45. The zero-order valence-corrected chi connectivity index (χ0v) is 12.7. The minimum atomic E-state index is -0.196. The molecular weight excluding hydrogens is 292 g/mol. The summed E-state index contributed by atoms with van der Waals surface area (Å²) in [6, 6.07) is 0. The number of allylic oxidation sites excluding steroid dienone is 1. The maximum Gasteiger partial charge on any atom is 0.169 e. The Labute approximate surface area is 117 Å². The van der Waals surface area contributed by atoms with Crippen molar-refractivity contribution in [3.63, 3.8) is 0 Å². The fourth-order valence-electron chi connectivity index (χ4n) is 3.54. The summed E-state index contributed by atoms with van der Waals surface area (Å²) in [4.78, 5) is 0. The van der Waals surface area contributed by atoms with Gasteiger partial charge in [-0.25, -0.2) is 0 Å². The van der Waals surface area contributed by atoms with Gasteiger partial charge in [0, 0.05) is 9.90 Å². The molecule has 2 nitrogen and oxygen atoms in total. The fraction of sp³-hybridized carbons (Fsp3) is 0.600. The van der Waals surface area contributed by atoms with E-state index in [1.807, 2.05) is 6.92 Å². The van der Waals surface area contributed by atoms with E-state index >= 15 is 0 Å². The van der Waals surface area contributed by atoms with E-state index in [1.165, 1.54) is 4.48 Å². The molecule has 0 saturated carbocycles. The monoisotopic (exact) mass is 310 g/mol. The first-order valence-corrected chi connectivity index (χ1v) is 7.13. The quantitative estimate of drug-likeness (QED) is 0.683. The molecular formula is C15H19BrO2. The van der Waals surface area contributed by atoms with Crippen molar-refractivity contribution >= 4 is 15.9 Å². The van der Waals surface area contributed by atoms with Gasteiger partial charge in [0.15, 0.2) is 6.29 Å². The Hall–Kier alpha value is -0.380. The van der Waals surface area contributed by atoms with Gasteiger partial charge in [0.1, 0.15) is 6.10 Å².